The minimum atomic E-state index is -2.05. The molecule has 1 saturated carbocycles. The molecule has 212 valence electrons. The Hall–Kier alpha value is -3.65. The third kappa shape index (κ3) is 6.68. The summed E-state index contributed by atoms with van der Waals surface area (Å²) in [6.07, 6.45) is -5.18. The Morgan fingerprint density at radius 1 is 1.05 bits per heavy atom. The van der Waals surface area contributed by atoms with Crippen LogP contribution in [-0.2, 0) is 23.9 Å². The van der Waals surface area contributed by atoms with E-state index >= 15 is 0 Å². The molecule has 0 radical (unpaired) electrons. The number of allylic oxidation sites excluding steroid dienone is 2. The average Bonchev–Trinajstić information content (AvgIpc) is 3.42. The summed E-state index contributed by atoms with van der Waals surface area (Å²) in [5.41, 5.74) is 0.0736. The minimum absolute atomic E-state index is 0.0149. The van der Waals surface area contributed by atoms with Crippen LogP contribution in [0.1, 0.15) is 51.0 Å². The molecule has 13 heteroatoms. The van der Waals surface area contributed by atoms with E-state index < -0.39 is 53.8 Å². The molecule has 2 aliphatic rings. The molecule has 1 aliphatic heterocycles. The van der Waals surface area contributed by atoms with Crippen LogP contribution in [0, 0.1) is 10.1 Å². The molecule has 0 saturated heterocycles. The number of benzene rings is 1. The Bertz CT molecular complexity index is 1170. The number of hydrogen-bond acceptors (Lipinski definition) is 12. The van der Waals surface area contributed by atoms with E-state index in [-0.39, 0.29) is 40.5 Å². The number of carbonyl (C=O) groups is 3. The summed E-state index contributed by atoms with van der Waals surface area (Å²) in [5.74, 6) is -3.08. The van der Waals surface area contributed by atoms with Gasteiger partial charge in [0.1, 0.15) is 37.1 Å². The highest BCUT2D eigenvalue weighted by Gasteiger charge is 2.42. The van der Waals surface area contributed by atoms with Gasteiger partial charge < -0.3 is 40.0 Å². The number of aliphatic hydroxyl groups excluding tert-OH is 4. The number of dihydropyridines is 1. The number of nitro benzene ring substituents is 1. The van der Waals surface area contributed by atoms with Crippen molar-refractivity contribution < 1.29 is 49.2 Å². The van der Waals surface area contributed by atoms with Gasteiger partial charge in [-0.15, -0.1) is 0 Å². The normalized spacial score (nSPS) is 21.0. The second-order valence-electron chi connectivity index (χ2n) is 9.54. The van der Waals surface area contributed by atoms with Gasteiger partial charge in [-0.05, 0) is 39.5 Å². The number of nitrogens with zero attached hydrogens (tertiary/aromatic N) is 1. The van der Waals surface area contributed by atoms with Crippen molar-refractivity contribution in [1.82, 2.24) is 5.32 Å². The van der Waals surface area contributed by atoms with E-state index in [1.54, 1.807) is 6.92 Å². The summed E-state index contributed by atoms with van der Waals surface area (Å²) in [5, 5.41) is 54.1. The van der Waals surface area contributed by atoms with E-state index in [2.05, 4.69) is 5.32 Å². The molecule has 39 heavy (non-hydrogen) atoms. The van der Waals surface area contributed by atoms with Crippen LogP contribution >= 0.6 is 0 Å². The Labute approximate surface area is 223 Å². The standard InChI is InChI=1S/C26H32N2O11/c1-13-20(25(34)38-12-19(31)24(33)23(32)18(30)11-29)22(16-9-5-6-10-17(16)28(36)37)21(14(2)27-13)26(35)39-15-7-3-4-8-15/h5-6,9-11,15,18-19,22-24,27,30-33H,3-4,7-8,12H2,1-2H3/t18-,19+,22?,23+,24+/m0/s1. The van der Waals surface area contributed by atoms with Gasteiger partial charge in [-0.25, -0.2) is 9.59 Å². The van der Waals surface area contributed by atoms with Gasteiger partial charge in [0.2, 0.25) is 0 Å². The third-order valence-electron chi connectivity index (χ3n) is 6.84. The molecule has 0 spiro atoms. The summed E-state index contributed by atoms with van der Waals surface area (Å²) in [7, 11) is 0. The monoisotopic (exact) mass is 548 g/mol. The van der Waals surface area contributed by atoms with Crippen LogP contribution in [0.5, 0.6) is 0 Å². The van der Waals surface area contributed by atoms with Gasteiger partial charge >= 0.3 is 11.9 Å². The number of para-hydroxylation sites is 1. The fraction of sp³-hybridized carbons (Fsp3) is 0.500. The van der Waals surface area contributed by atoms with Crippen molar-refractivity contribution in [3.8, 4) is 0 Å². The lowest BCUT2D eigenvalue weighted by Crippen LogP contribution is -2.47. The molecule has 5 N–H and O–H groups in total. The first-order valence-electron chi connectivity index (χ1n) is 12.4. The van der Waals surface area contributed by atoms with Gasteiger partial charge in [0, 0.05) is 23.0 Å². The molecule has 1 aromatic rings. The number of esters is 2. The first kappa shape index (κ1) is 29.9. The molecular formula is C26H32N2O11. The lowest BCUT2D eigenvalue weighted by molar-refractivity contribution is -0.385. The molecule has 0 bridgehead atoms. The van der Waals surface area contributed by atoms with Gasteiger partial charge in [-0.3, -0.25) is 10.1 Å². The number of carbonyl (C=O) groups excluding carboxylic acids is 3. The number of nitrogens with one attached hydrogen (secondary N) is 1. The molecule has 0 amide bonds. The fourth-order valence-electron chi connectivity index (χ4n) is 4.81. The van der Waals surface area contributed by atoms with Crippen LogP contribution in [0.2, 0.25) is 0 Å². The summed E-state index contributed by atoms with van der Waals surface area (Å²) in [4.78, 5) is 48.7. The molecular weight excluding hydrogens is 516 g/mol. The second kappa shape index (κ2) is 12.9. The van der Waals surface area contributed by atoms with Crippen LogP contribution < -0.4 is 5.32 Å². The molecule has 1 aromatic carbocycles. The smallest absolute Gasteiger partial charge is 0.337 e. The SMILES string of the molecule is CC1=C(C(=O)OC[C@@H](O)[C@@H](O)[C@H](O)[C@@H](O)C=O)C(c2ccccc2[N+](=O)[O-])C(C(=O)OC2CCCC2)=C(C)N1. The maximum atomic E-state index is 13.4. The van der Waals surface area contributed by atoms with Crippen LogP contribution in [0.25, 0.3) is 0 Å². The first-order valence-corrected chi connectivity index (χ1v) is 12.4. The van der Waals surface area contributed by atoms with Gasteiger partial charge in [-0.2, -0.15) is 0 Å². The van der Waals surface area contributed by atoms with Crippen LogP contribution in [0.3, 0.4) is 0 Å². The lowest BCUT2D eigenvalue weighted by atomic mass is 9.79. The highest BCUT2D eigenvalue weighted by atomic mass is 16.6. The van der Waals surface area contributed by atoms with Crippen molar-refractivity contribution in [2.24, 2.45) is 0 Å². The summed E-state index contributed by atoms with van der Waals surface area (Å²) < 4.78 is 10.9. The molecule has 1 fully saturated rings. The Morgan fingerprint density at radius 2 is 1.64 bits per heavy atom. The average molecular weight is 549 g/mol. The predicted octanol–water partition coefficient (Wildman–Crippen LogP) is 0.501. The summed E-state index contributed by atoms with van der Waals surface area (Å²) >= 11 is 0. The quantitative estimate of drug-likeness (QED) is 0.111. The summed E-state index contributed by atoms with van der Waals surface area (Å²) in [6, 6.07) is 5.63. The van der Waals surface area contributed by atoms with Crippen molar-refractivity contribution in [3.63, 3.8) is 0 Å². The molecule has 5 atom stereocenters. The molecule has 3 rings (SSSR count). The van der Waals surface area contributed by atoms with E-state index in [1.807, 2.05) is 0 Å². The van der Waals surface area contributed by atoms with Crippen molar-refractivity contribution in [1.29, 1.82) is 0 Å². The molecule has 13 nitrogen and oxygen atoms in total. The van der Waals surface area contributed by atoms with Crippen molar-refractivity contribution in [3.05, 3.63) is 62.5 Å². The molecule has 1 heterocycles. The fourth-order valence-corrected chi connectivity index (χ4v) is 4.81. The third-order valence-corrected chi connectivity index (χ3v) is 6.84. The van der Waals surface area contributed by atoms with E-state index in [4.69, 9.17) is 9.47 Å². The summed E-state index contributed by atoms with van der Waals surface area (Å²) in [6.45, 7) is 2.22. The maximum absolute atomic E-state index is 13.4. The Kier molecular flexibility index (Phi) is 9.92. The molecule has 0 aromatic heterocycles. The van der Waals surface area contributed by atoms with Crippen LogP contribution in [-0.4, -0.2) is 80.7 Å². The molecule has 1 unspecified atom stereocenters. The topological polar surface area (TPSA) is 206 Å². The van der Waals surface area contributed by atoms with Gasteiger partial charge in [0.15, 0.2) is 6.29 Å². The maximum Gasteiger partial charge on any atom is 0.337 e. The highest BCUT2D eigenvalue weighted by molar-refractivity contribution is 6.00. The minimum Gasteiger partial charge on any atom is -0.459 e. The zero-order chi connectivity index (χ0) is 28.9. The van der Waals surface area contributed by atoms with E-state index in [1.165, 1.54) is 31.2 Å². The Balaban J connectivity index is 1.97. The van der Waals surface area contributed by atoms with Gasteiger partial charge in [-0.1, -0.05) is 18.2 Å². The number of nitro groups is 1. The van der Waals surface area contributed by atoms with Gasteiger partial charge in [0.05, 0.1) is 22.0 Å². The van der Waals surface area contributed by atoms with Gasteiger partial charge in [0.25, 0.3) is 5.69 Å². The zero-order valence-electron chi connectivity index (χ0n) is 21.5. The number of hydrogen-bond donors (Lipinski definition) is 5. The van der Waals surface area contributed by atoms with Crippen LogP contribution in [0.15, 0.2) is 46.8 Å². The predicted molar refractivity (Wildman–Crippen MR) is 134 cm³/mol. The largest absolute Gasteiger partial charge is 0.459 e. The number of rotatable bonds is 11. The zero-order valence-corrected chi connectivity index (χ0v) is 21.5. The number of aliphatic hydroxyl groups is 4. The number of ether oxygens (including phenoxy) is 2. The second-order valence-corrected chi connectivity index (χ2v) is 9.54. The van der Waals surface area contributed by atoms with Crippen molar-refractivity contribution >= 4 is 23.9 Å². The van der Waals surface area contributed by atoms with Crippen molar-refractivity contribution in [2.45, 2.75) is 76.0 Å². The first-order chi connectivity index (χ1) is 18.5. The van der Waals surface area contributed by atoms with E-state index in [0.717, 1.165) is 12.8 Å². The van der Waals surface area contributed by atoms with Crippen LogP contribution in [0.4, 0.5) is 5.69 Å². The highest BCUT2D eigenvalue weighted by Crippen LogP contribution is 2.43. The number of aldehydes is 1. The van der Waals surface area contributed by atoms with Crippen molar-refractivity contribution in [2.75, 3.05) is 6.61 Å². The lowest BCUT2D eigenvalue weighted by Gasteiger charge is -2.31. The van der Waals surface area contributed by atoms with E-state index in [9.17, 15) is 44.9 Å². The van der Waals surface area contributed by atoms with E-state index in [0.29, 0.717) is 18.5 Å². The molecule has 1 aliphatic carbocycles. The Morgan fingerprint density at radius 3 is 2.23 bits per heavy atom.